The highest BCUT2D eigenvalue weighted by atomic mass is 16.5. The van der Waals surface area contributed by atoms with Gasteiger partial charge in [0.05, 0.1) is 13.7 Å². The molecule has 1 atom stereocenters. The average molecular weight is 244 g/mol. The quantitative estimate of drug-likeness (QED) is 0.644. The summed E-state index contributed by atoms with van der Waals surface area (Å²) in [5.74, 6) is -0.725. The minimum atomic E-state index is -0.427. The molecular formula is C12H24N2O3. The van der Waals surface area contributed by atoms with Gasteiger partial charge < -0.3 is 10.5 Å². The number of nitrogens with two attached hydrogens (primary N) is 1. The molecule has 2 N–H and O–H groups in total. The molecule has 0 aliphatic heterocycles. The van der Waals surface area contributed by atoms with Crippen molar-refractivity contribution in [2.24, 2.45) is 5.73 Å². The second-order valence-corrected chi connectivity index (χ2v) is 4.41. The lowest BCUT2D eigenvalue weighted by Gasteiger charge is -2.32. The number of hydrogen-bond donors (Lipinski definition) is 1. The molecule has 0 aromatic carbocycles. The number of ether oxygens (including phenoxy) is 1. The minimum Gasteiger partial charge on any atom is -0.468 e. The molecule has 0 fully saturated rings. The van der Waals surface area contributed by atoms with E-state index in [4.69, 9.17) is 10.5 Å². The zero-order valence-electron chi connectivity index (χ0n) is 11.2. The normalized spacial score (nSPS) is 12.8. The summed E-state index contributed by atoms with van der Waals surface area (Å²) in [6.45, 7) is 6.01. The molecule has 0 aliphatic carbocycles. The first-order valence-corrected chi connectivity index (χ1v) is 6.05. The summed E-state index contributed by atoms with van der Waals surface area (Å²) in [6, 6.07) is -0.309. The van der Waals surface area contributed by atoms with Crippen molar-refractivity contribution in [2.75, 3.05) is 13.7 Å². The molecule has 0 bridgehead atoms. The molecule has 17 heavy (non-hydrogen) atoms. The zero-order chi connectivity index (χ0) is 13.4. The molecule has 0 heterocycles. The predicted molar refractivity (Wildman–Crippen MR) is 66.4 cm³/mol. The second-order valence-electron chi connectivity index (χ2n) is 4.41. The number of unbranched alkanes of at least 4 members (excludes halogenated alkanes) is 1. The second kappa shape index (κ2) is 8.06. The van der Waals surface area contributed by atoms with E-state index in [9.17, 15) is 9.59 Å². The van der Waals surface area contributed by atoms with E-state index < -0.39 is 5.91 Å². The van der Waals surface area contributed by atoms with E-state index in [1.54, 1.807) is 4.90 Å². The van der Waals surface area contributed by atoms with Gasteiger partial charge in [-0.2, -0.15) is 0 Å². The molecule has 1 amide bonds. The predicted octanol–water partition coefficient (Wildman–Crippen LogP) is 0.914. The maximum Gasteiger partial charge on any atom is 0.323 e. The van der Waals surface area contributed by atoms with Crippen molar-refractivity contribution in [1.29, 1.82) is 0 Å². The monoisotopic (exact) mass is 244 g/mol. The number of carbonyl (C=O) groups is 2. The van der Waals surface area contributed by atoms with Crippen molar-refractivity contribution in [3.63, 3.8) is 0 Å². The smallest absolute Gasteiger partial charge is 0.323 e. The molecule has 0 radical (unpaired) electrons. The van der Waals surface area contributed by atoms with Gasteiger partial charge in [0.15, 0.2) is 0 Å². The van der Waals surface area contributed by atoms with Crippen LogP contribution < -0.4 is 5.73 Å². The molecule has 0 aliphatic rings. The van der Waals surface area contributed by atoms with Crippen LogP contribution in [0.1, 0.15) is 40.0 Å². The van der Waals surface area contributed by atoms with Gasteiger partial charge in [0, 0.05) is 6.04 Å². The minimum absolute atomic E-state index is 0.0726. The molecule has 0 aromatic heterocycles. The number of rotatable bonds is 8. The largest absolute Gasteiger partial charge is 0.468 e. The maximum atomic E-state index is 11.7. The van der Waals surface area contributed by atoms with E-state index >= 15 is 0 Å². The fourth-order valence-electron chi connectivity index (χ4n) is 1.79. The number of primary amides is 1. The van der Waals surface area contributed by atoms with E-state index in [-0.39, 0.29) is 24.6 Å². The van der Waals surface area contributed by atoms with Crippen LogP contribution >= 0.6 is 0 Å². The van der Waals surface area contributed by atoms with Gasteiger partial charge in [-0.15, -0.1) is 0 Å². The number of nitrogens with zero attached hydrogens (tertiary/aromatic N) is 1. The molecule has 100 valence electrons. The van der Waals surface area contributed by atoms with Crippen molar-refractivity contribution in [1.82, 2.24) is 4.90 Å². The van der Waals surface area contributed by atoms with Crippen LogP contribution in [0.3, 0.4) is 0 Å². The van der Waals surface area contributed by atoms with Gasteiger partial charge in [-0.25, -0.2) is 0 Å². The van der Waals surface area contributed by atoms with Crippen LogP contribution in [0.2, 0.25) is 0 Å². The number of methoxy groups -OCH3 is 1. The van der Waals surface area contributed by atoms with Gasteiger partial charge in [0.2, 0.25) is 5.91 Å². The average Bonchev–Trinajstić information content (AvgIpc) is 2.26. The Morgan fingerprint density at radius 2 is 1.94 bits per heavy atom. The Labute approximate surface area is 103 Å². The van der Waals surface area contributed by atoms with Crippen LogP contribution in [0.5, 0.6) is 0 Å². The van der Waals surface area contributed by atoms with Crippen LogP contribution in [-0.4, -0.2) is 42.5 Å². The zero-order valence-corrected chi connectivity index (χ0v) is 11.2. The van der Waals surface area contributed by atoms with E-state index in [1.807, 2.05) is 13.8 Å². The van der Waals surface area contributed by atoms with E-state index in [2.05, 4.69) is 6.92 Å². The Hall–Kier alpha value is -1.10. The van der Waals surface area contributed by atoms with Gasteiger partial charge in [0.1, 0.15) is 6.04 Å². The van der Waals surface area contributed by atoms with Crippen LogP contribution in [0, 0.1) is 0 Å². The molecule has 1 unspecified atom stereocenters. The van der Waals surface area contributed by atoms with Crippen molar-refractivity contribution >= 4 is 11.9 Å². The number of esters is 1. The molecule has 5 heteroatoms. The summed E-state index contributed by atoms with van der Waals surface area (Å²) in [4.78, 5) is 24.6. The lowest BCUT2D eigenvalue weighted by molar-refractivity contribution is -0.148. The first-order chi connectivity index (χ1) is 7.93. The summed E-state index contributed by atoms with van der Waals surface area (Å²) < 4.78 is 4.79. The Kier molecular flexibility index (Phi) is 7.54. The van der Waals surface area contributed by atoms with Gasteiger partial charge in [0.25, 0.3) is 0 Å². The molecule has 5 nitrogen and oxygen atoms in total. The standard InChI is InChI=1S/C12H24N2O3/c1-5-6-7-10(12(16)17-4)14(9(2)3)8-11(13)15/h9-10H,5-8H2,1-4H3,(H2,13,15). The Morgan fingerprint density at radius 1 is 1.35 bits per heavy atom. The van der Waals surface area contributed by atoms with Crippen LogP contribution in [0.25, 0.3) is 0 Å². The fraction of sp³-hybridized carbons (Fsp3) is 0.833. The first kappa shape index (κ1) is 15.9. The third-order valence-electron chi connectivity index (χ3n) is 2.71. The van der Waals surface area contributed by atoms with E-state index in [0.29, 0.717) is 6.42 Å². The van der Waals surface area contributed by atoms with Crippen molar-refractivity contribution < 1.29 is 14.3 Å². The number of carbonyl (C=O) groups excluding carboxylic acids is 2. The Balaban J connectivity index is 4.79. The highest BCUT2D eigenvalue weighted by Gasteiger charge is 2.29. The fourth-order valence-corrected chi connectivity index (χ4v) is 1.79. The topological polar surface area (TPSA) is 72.6 Å². The summed E-state index contributed by atoms with van der Waals surface area (Å²) >= 11 is 0. The molecule has 0 aromatic rings. The summed E-state index contributed by atoms with van der Waals surface area (Å²) in [6.07, 6.45) is 2.60. The lowest BCUT2D eigenvalue weighted by Crippen LogP contribution is -2.49. The van der Waals surface area contributed by atoms with Gasteiger partial charge >= 0.3 is 5.97 Å². The third kappa shape index (κ3) is 5.68. The van der Waals surface area contributed by atoms with Crippen LogP contribution in [0.4, 0.5) is 0 Å². The molecule has 0 spiro atoms. The van der Waals surface area contributed by atoms with Crippen LogP contribution in [0.15, 0.2) is 0 Å². The molecular weight excluding hydrogens is 220 g/mol. The summed E-state index contributed by atoms with van der Waals surface area (Å²) in [7, 11) is 1.37. The summed E-state index contributed by atoms with van der Waals surface area (Å²) in [5.41, 5.74) is 5.21. The third-order valence-corrected chi connectivity index (χ3v) is 2.71. The molecule has 0 rings (SSSR count). The Bertz CT molecular complexity index is 254. The van der Waals surface area contributed by atoms with Gasteiger partial charge in [-0.3, -0.25) is 14.5 Å². The highest BCUT2D eigenvalue weighted by Crippen LogP contribution is 2.13. The highest BCUT2D eigenvalue weighted by molar-refractivity contribution is 5.79. The van der Waals surface area contributed by atoms with Gasteiger partial charge in [-0.1, -0.05) is 19.8 Å². The molecule has 0 saturated carbocycles. The summed E-state index contributed by atoms with van der Waals surface area (Å²) in [5, 5.41) is 0. The maximum absolute atomic E-state index is 11.7. The van der Waals surface area contributed by atoms with Crippen molar-refractivity contribution in [3.05, 3.63) is 0 Å². The number of amides is 1. The first-order valence-electron chi connectivity index (χ1n) is 6.05. The number of hydrogen-bond acceptors (Lipinski definition) is 4. The Morgan fingerprint density at radius 3 is 2.29 bits per heavy atom. The van der Waals surface area contributed by atoms with Gasteiger partial charge in [-0.05, 0) is 20.3 Å². The lowest BCUT2D eigenvalue weighted by atomic mass is 10.1. The van der Waals surface area contributed by atoms with E-state index in [1.165, 1.54) is 7.11 Å². The molecule has 0 saturated heterocycles. The van der Waals surface area contributed by atoms with Crippen molar-refractivity contribution in [3.8, 4) is 0 Å². The van der Waals surface area contributed by atoms with E-state index in [0.717, 1.165) is 12.8 Å². The van der Waals surface area contributed by atoms with Crippen molar-refractivity contribution in [2.45, 2.75) is 52.1 Å². The SMILES string of the molecule is CCCCC(C(=O)OC)N(CC(N)=O)C(C)C. The van der Waals surface area contributed by atoms with Crippen LogP contribution in [-0.2, 0) is 14.3 Å².